The summed E-state index contributed by atoms with van der Waals surface area (Å²) in [5.74, 6) is -1.56. The van der Waals surface area contributed by atoms with Crippen molar-refractivity contribution >= 4 is 41.5 Å². The van der Waals surface area contributed by atoms with Crippen molar-refractivity contribution in [3.63, 3.8) is 0 Å². The third-order valence-corrected chi connectivity index (χ3v) is 3.71. The Kier molecular flexibility index (Phi) is 26.5. The molecule has 1 unspecified atom stereocenters. The summed E-state index contributed by atoms with van der Waals surface area (Å²) in [5.41, 5.74) is 0. The van der Waals surface area contributed by atoms with E-state index in [4.69, 9.17) is 10.2 Å². The fourth-order valence-corrected chi connectivity index (χ4v) is 2.06. The Balaban J connectivity index is -0.000000578. The quantitative estimate of drug-likeness (QED) is 0.371. The van der Waals surface area contributed by atoms with E-state index in [1.54, 1.807) is 13.8 Å². The van der Waals surface area contributed by atoms with Crippen molar-refractivity contribution in [2.24, 2.45) is 5.92 Å². The van der Waals surface area contributed by atoms with Crippen molar-refractivity contribution in [3.8, 4) is 0 Å². The number of unbranched alkanes of at least 4 members (excludes halogenated alkanes) is 9. The third kappa shape index (κ3) is 27.1. The number of carboxylic acids is 2. The van der Waals surface area contributed by atoms with Gasteiger partial charge in [-0.25, -0.2) is 0 Å². The predicted molar refractivity (Wildman–Crippen MR) is 98.3 cm³/mol. The number of carboxylic acid groups (broad SMARTS) is 2. The molecule has 0 aliphatic rings. The van der Waals surface area contributed by atoms with Crippen LogP contribution in [0.1, 0.15) is 97.8 Å². The van der Waals surface area contributed by atoms with E-state index in [-0.39, 0.29) is 41.9 Å². The zero-order valence-electron chi connectivity index (χ0n) is 14.8. The Morgan fingerprint density at radius 1 is 0.783 bits per heavy atom. The van der Waals surface area contributed by atoms with Crippen LogP contribution in [0.25, 0.3) is 0 Å². The minimum atomic E-state index is -0.745. The molecule has 23 heavy (non-hydrogen) atoms. The summed E-state index contributed by atoms with van der Waals surface area (Å²) in [6.45, 7) is 5.65. The summed E-state index contributed by atoms with van der Waals surface area (Å²) in [6, 6.07) is 0. The van der Waals surface area contributed by atoms with E-state index in [1.165, 1.54) is 57.8 Å². The molecule has 134 valence electrons. The molecule has 1 atom stereocenters. The topological polar surface area (TPSA) is 74.6 Å². The van der Waals surface area contributed by atoms with E-state index in [0.29, 0.717) is 0 Å². The van der Waals surface area contributed by atoms with Gasteiger partial charge < -0.3 is 10.2 Å². The van der Waals surface area contributed by atoms with Gasteiger partial charge in [-0.15, -0.1) is 0 Å². The van der Waals surface area contributed by atoms with Crippen LogP contribution in [0.15, 0.2) is 0 Å². The Labute approximate surface area is 164 Å². The third-order valence-electron chi connectivity index (χ3n) is 3.71. The molecule has 0 saturated carbocycles. The molecule has 0 aromatic rings. The molecule has 0 aliphatic carbocycles. The molecule has 0 spiro atoms. The van der Waals surface area contributed by atoms with Crippen LogP contribution in [0.5, 0.6) is 0 Å². The monoisotopic (exact) mass is 340 g/mol. The average Bonchev–Trinajstić information content (AvgIpc) is 2.49. The summed E-state index contributed by atoms with van der Waals surface area (Å²) < 4.78 is 0. The minimum absolute atomic E-state index is 0. The Morgan fingerprint density at radius 2 is 1.13 bits per heavy atom. The molecule has 4 nitrogen and oxygen atoms in total. The van der Waals surface area contributed by atoms with Gasteiger partial charge in [-0.05, 0) is 6.42 Å². The van der Waals surface area contributed by atoms with E-state index in [1.807, 2.05) is 0 Å². The van der Waals surface area contributed by atoms with Gasteiger partial charge in [0.2, 0.25) is 0 Å². The van der Waals surface area contributed by atoms with Gasteiger partial charge in [-0.2, -0.15) is 0 Å². The summed E-state index contributed by atoms with van der Waals surface area (Å²) in [4.78, 5) is 20.0. The number of hydrogen-bond acceptors (Lipinski definition) is 2. The number of rotatable bonds is 13. The van der Waals surface area contributed by atoms with E-state index in [0.717, 1.165) is 12.8 Å². The maximum atomic E-state index is 10.6. The molecule has 0 saturated heterocycles. The molecule has 5 heteroatoms. The fourth-order valence-electron chi connectivity index (χ4n) is 2.06. The SMILES string of the molecule is CCC(=O)O.CCCCCCCCCCCCC(C)C(=O)O.[NaH]. The first kappa shape index (κ1) is 27.8. The van der Waals surface area contributed by atoms with E-state index < -0.39 is 11.9 Å². The second kappa shape index (κ2) is 21.9. The molecule has 0 fully saturated rings. The van der Waals surface area contributed by atoms with Crippen LogP contribution in [-0.2, 0) is 9.59 Å². The summed E-state index contributed by atoms with van der Waals surface area (Å²) in [7, 11) is 0. The second-order valence-electron chi connectivity index (χ2n) is 5.96. The van der Waals surface area contributed by atoms with Crippen LogP contribution < -0.4 is 0 Å². The molecule has 0 bridgehead atoms. The van der Waals surface area contributed by atoms with Gasteiger partial charge in [-0.1, -0.05) is 85.0 Å². The van der Waals surface area contributed by atoms with Crippen molar-refractivity contribution in [2.45, 2.75) is 97.8 Å². The predicted octanol–water partition coefficient (Wildman–Crippen LogP) is 4.85. The average molecular weight is 340 g/mol. The van der Waals surface area contributed by atoms with Gasteiger partial charge in [-0.3, -0.25) is 9.59 Å². The molecule has 0 radical (unpaired) electrons. The second-order valence-corrected chi connectivity index (χ2v) is 5.96. The van der Waals surface area contributed by atoms with Crippen LogP contribution in [-0.4, -0.2) is 51.7 Å². The van der Waals surface area contributed by atoms with Gasteiger partial charge in [0, 0.05) is 6.42 Å². The van der Waals surface area contributed by atoms with Gasteiger partial charge in [0.1, 0.15) is 0 Å². The maximum absolute atomic E-state index is 10.6. The van der Waals surface area contributed by atoms with Crippen molar-refractivity contribution in [1.29, 1.82) is 0 Å². The number of aliphatic carboxylic acids is 2. The van der Waals surface area contributed by atoms with Gasteiger partial charge in [0.15, 0.2) is 0 Å². The van der Waals surface area contributed by atoms with Gasteiger partial charge >= 0.3 is 41.5 Å². The van der Waals surface area contributed by atoms with E-state index in [9.17, 15) is 9.59 Å². The first-order valence-electron chi connectivity index (χ1n) is 8.90. The van der Waals surface area contributed by atoms with Crippen LogP contribution in [0.3, 0.4) is 0 Å². The molecular weight excluding hydrogens is 303 g/mol. The molecule has 0 rings (SSSR count). The van der Waals surface area contributed by atoms with Crippen molar-refractivity contribution in [2.75, 3.05) is 0 Å². The first-order valence-corrected chi connectivity index (χ1v) is 8.90. The molecule has 0 aliphatic heterocycles. The van der Waals surface area contributed by atoms with Gasteiger partial charge in [0.25, 0.3) is 0 Å². The standard InChI is InChI=1S/C15H30O2.C3H6O2.Na.H/c1-3-4-5-6-7-8-9-10-11-12-13-14(2)15(16)17;1-2-3(4)5;;/h14H,3-13H2,1-2H3,(H,16,17);2H2,1H3,(H,4,5);;. The fraction of sp³-hybridized carbons (Fsp3) is 0.889. The molecule has 0 aromatic carbocycles. The van der Waals surface area contributed by atoms with Crippen molar-refractivity contribution < 1.29 is 19.8 Å². The van der Waals surface area contributed by atoms with E-state index in [2.05, 4.69) is 6.92 Å². The van der Waals surface area contributed by atoms with Crippen molar-refractivity contribution in [1.82, 2.24) is 0 Å². The zero-order chi connectivity index (χ0) is 17.2. The van der Waals surface area contributed by atoms with Gasteiger partial charge in [0.05, 0.1) is 5.92 Å². The summed E-state index contributed by atoms with van der Waals surface area (Å²) in [6.07, 6.45) is 14.2. The van der Waals surface area contributed by atoms with Crippen LogP contribution in [0.2, 0.25) is 0 Å². The van der Waals surface area contributed by atoms with Crippen LogP contribution in [0.4, 0.5) is 0 Å². The normalized spacial score (nSPS) is 10.9. The first-order chi connectivity index (χ1) is 10.5. The molecule has 0 aromatic heterocycles. The Morgan fingerprint density at radius 3 is 1.43 bits per heavy atom. The van der Waals surface area contributed by atoms with E-state index >= 15 is 0 Å². The number of carbonyl (C=O) groups is 2. The van der Waals surface area contributed by atoms with Crippen molar-refractivity contribution in [3.05, 3.63) is 0 Å². The molecule has 2 N–H and O–H groups in total. The number of hydrogen-bond donors (Lipinski definition) is 2. The van der Waals surface area contributed by atoms with Crippen LogP contribution in [0, 0.1) is 5.92 Å². The summed E-state index contributed by atoms with van der Waals surface area (Å²) >= 11 is 0. The zero-order valence-corrected chi connectivity index (χ0v) is 14.8. The Hall–Kier alpha value is -0.0600. The Bertz CT molecular complexity index is 270. The molecule has 0 amide bonds. The molecular formula is C18H37NaO4. The van der Waals surface area contributed by atoms with Crippen LogP contribution >= 0.6 is 0 Å². The molecule has 0 heterocycles. The summed E-state index contributed by atoms with van der Waals surface area (Å²) in [5, 5.41) is 16.4.